The SMILES string of the molecule is Cn1c(C#N)cc2c1CCCC2=O. The average molecular weight is 174 g/mol. The molecule has 0 saturated carbocycles. The molecule has 1 heterocycles. The van der Waals surface area contributed by atoms with E-state index in [-0.39, 0.29) is 5.78 Å². The van der Waals surface area contributed by atoms with Crippen LogP contribution in [0.2, 0.25) is 0 Å². The number of hydrogen-bond donors (Lipinski definition) is 0. The van der Waals surface area contributed by atoms with E-state index in [9.17, 15) is 4.79 Å². The maximum atomic E-state index is 11.4. The Bertz CT molecular complexity index is 409. The summed E-state index contributed by atoms with van der Waals surface area (Å²) < 4.78 is 1.83. The van der Waals surface area contributed by atoms with Crippen molar-refractivity contribution in [3.05, 3.63) is 23.0 Å². The second kappa shape index (κ2) is 2.74. The fourth-order valence-electron chi connectivity index (χ4n) is 1.85. The van der Waals surface area contributed by atoms with E-state index in [1.165, 1.54) is 0 Å². The van der Waals surface area contributed by atoms with E-state index in [0.29, 0.717) is 12.1 Å². The number of carbonyl (C=O) groups is 1. The molecule has 1 aromatic heterocycles. The molecule has 1 aliphatic carbocycles. The van der Waals surface area contributed by atoms with Crippen LogP contribution in [0.4, 0.5) is 0 Å². The highest BCUT2D eigenvalue weighted by Gasteiger charge is 2.21. The topological polar surface area (TPSA) is 45.8 Å². The van der Waals surface area contributed by atoms with Gasteiger partial charge in [0.05, 0.1) is 0 Å². The minimum atomic E-state index is 0.179. The molecule has 3 nitrogen and oxygen atoms in total. The lowest BCUT2D eigenvalue weighted by Gasteiger charge is -2.11. The molecule has 0 spiro atoms. The molecule has 3 heteroatoms. The van der Waals surface area contributed by atoms with Gasteiger partial charge in [-0.25, -0.2) is 0 Å². The monoisotopic (exact) mass is 174 g/mol. The van der Waals surface area contributed by atoms with Crippen molar-refractivity contribution in [2.75, 3.05) is 0 Å². The Labute approximate surface area is 76.6 Å². The van der Waals surface area contributed by atoms with Gasteiger partial charge >= 0.3 is 0 Å². The fraction of sp³-hybridized carbons (Fsp3) is 0.400. The maximum absolute atomic E-state index is 11.4. The second-order valence-electron chi connectivity index (χ2n) is 3.34. The summed E-state index contributed by atoms with van der Waals surface area (Å²) in [5.74, 6) is 0.179. The number of Topliss-reactive ketones (excluding diaryl/α,β-unsaturated/α-hetero) is 1. The van der Waals surface area contributed by atoms with Crippen molar-refractivity contribution in [2.24, 2.45) is 7.05 Å². The minimum Gasteiger partial charge on any atom is -0.339 e. The van der Waals surface area contributed by atoms with Crippen LogP contribution in [0.25, 0.3) is 0 Å². The molecule has 0 fully saturated rings. The zero-order chi connectivity index (χ0) is 9.42. The molecule has 13 heavy (non-hydrogen) atoms. The van der Waals surface area contributed by atoms with Crippen molar-refractivity contribution in [3.63, 3.8) is 0 Å². The third-order valence-electron chi connectivity index (χ3n) is 2.59. The normalized spacial score (nSPS) is 15.2. The molecule has 0 amide bonds. The van der Waals surface area contributed by atoms with Gasteiger partial charge in [0.2, 0.25) is 0 Å². The van der Waals surface area contributed by atoms with Gasteiger partial charge in [-0.2, -0.15) is 5.26 Å². The highest BCUT2D eigenvalue weighted by atomic mass is 16.1. The van der Waals surface area contributed by atoms with Gasteiger partial charge in [-0.05, 0) is 18.9 Å². The molecule has 66 valence electrons. The van der Waals surface area contributed by atoms with Crippen LogP contribution in [-0.4, -0.2) is 10.4 Å². The summed E-state index contributed by atoms with van der Waals surface area (Å²) in [4.78, 5) is 11.4. The molecule has 0 N–H and O–H groups in total. The predicted molar refractivity (Wildman–Crippen MR) is 47.4 cm³/mol. The lowest BCUT2D eigenvalue weighted by atomic mass is 9.97. The molecule has 0 unspecified atom stereocenters. The third-order valence-corrected chi connectivity index (χ3v) is 2.59. The van der Waals surface area contributed by atoms with Gasteiger partial charge in [-0.15, -0.1) is 0 Å². The Kier molecular flexibility index (Phi) is 1.70. The summed E-state index contributed by atoms with van der Waals surface area (Å²) in [5.41, 5.74) is 2.36. The van der Waals surface area contributed by atoms with Gasteiger partial charge in [-0.3, -0.25) is 4.79 Å². The van der Waals surface area contributed by atoms with Crippen molar-refractivity contribution in [2.45, 2.75) is 19.3 Å². The molecule has 0 aliphatic heterocycles. The van der Waals surface area contributed by atoms with E-state index in [2.05, 4.69) is 6.07 Å². The van der Waals surface area contributed by atoms with Gasteiger partial charge in [-0.1, -0.05) is 0 Å². The lowest BCUT2D eigenvalue weighted by molar-refractivity contribution is 0.0972. The first-order chi connectivity index (χ1) is 6.24. The minimum absolute atomic E-state index is 0.179. The molecule has 0 aromatic carbocycles. The number of rotatable bonds is 0. The number of nitriles is 1. The molecule has 1 aromatic rings. The Morgan fingerprint density at radius 3 is 2.92 bits per heavy atom. The Morgan fingerprint density at radius 2 is 2.31 bits per heavy atom. The highest BCUT2D eigenvalue weighted by molar-refractivity contribution is 5.98. The van der Waals surface area contributed by atoms with Gasteiger partial charge in [0, 0.05) is 24.7 Å². The smallest absolute Gasteiger partial charge is 0.164 e. The summed E-state index contributed by atoms with van der Waals surface area (Å²) >= 11 is 0. The molecule has 0 atom stereocenters. The first-order valence-electron chi connectivity index (χ1n) is 4.36. The van der Waals surface area contributed by atoms with Gasteiger partial charge in [0.15, 0.2) is 5.78 Å². The van der Waals surface area contributed by atoms with Crippen LogP contribution < -0.4 is 0 Å². The van der Waals surface area contributed by atoms with Crippen LogP contribution in [0.5, 0.6) is 0 Å². The number of hydrogen-bond acceptors (Lipinski definition) is 2. The zero-order valence-corrected chi connectivity index (χ0v) is 7.50. The van der Waals surface area contributed by atoms with Crippen molar-refractivity contribution >= 4 is 5.78 Å². The molecule has 1 aliphatic rings. The number of carbonyl (C=O) groups excluding carboxylic acids is 1. The van der Waals surface area contributed by atoms with E-state index in [1.54, 1.807) is 6.07 Å². The van der Waals surface area contributed by atoms with Crippen molar-refractivity contribution in [1.29, 1.82) is 5.26 Å². The van der Waals surface area contributed by atoms with E-state index in [1.807, 2.05) is 11.6 Å². The molecular weight excluding hydrogens is 164 g/mol. The van der Waals surface area contributed by atoms with Crippen molar-refractivity contribution in [3.8, 4) is 6.07 Å². The van der Waals surface area contributed by atoms with Crippen molar-refractivity contribution in [1.82, 2.24) is 4.57 Å². The Balaban J connectivity index is 2.62. The lowest BCUT2D eigenvalue weighted by Crippen LogP contribution is -2.11. The van der Waals surface area contributed by atoms with Crippen LogP contribution >= 0.6 is 0 Å². The zero-order valence-electron chi connectivity index (χ0n) is 7.50. The van der Waals surface area contributed by atoms with Crippen molar-refractivity contribution < 1.29 is 4.79 Å². The number of ketones is 1. The van der Waals surface area contributed by atoms with E-state index < -0.39 is 0 Å². The summed E-state index contributed by atoms with van der Waals surface area (Å²) in [6.45, 7) is 0. The van der Waals surface area contributed by atoms with Crippen LogP contribution in [-0.2, 0) is 13.5 Å². The van der Waals surface area contributed by atoms with Gasteiger partial charge in [0.25, 0.3) is 0 Å². The van der Waals surface area contributed by atoms with E-state index >= 15 is 0 Å². The largest absolute Gasteiger partial charge is 0.339 e. The van der Waals surface area contributed by atoms with Crippen LogP contribution in [0, 0.1) is 11.3 Å². The van der Waals surface area contributed by atoms with Crippen LogP contribution in [0.1, 0.15) is 34.6 Å². The number of fused-ring (bicyclic) bond motifs is 1. The number of nitrogens with zero attached hydrogens (tertiary/aromatic N) is 2. The second-order valence-corrected chi connectivity index (χ2v) is 3.34. The fourth-order valence-corrected chi connectivity index (χ4v) is 1.85. The maximum Gasteiger partial charge on any atom is 0.164 e. The Hall–Kier alpha value is -1.56. The van der Waals surface area contributed by atoms with E-state index in [4.69, 9.17) is 5.26 Å². The first-order valence-corrected chi connectivity index (χ1v) is 4.36. The molecule has 2 rings (SSSR count). The Morgan fingerprint density at radius 1 is 1.54 bits per heavy atom. The molecule has 0 bridgehead atoms. The highest BCUT2D eigenvalue weighted by Crippen LogP contribution is 2.23. The third kappa shape index (κ3) is 1.06. The summed E-state index contributed by atoms with van der Waals surface area (Å²) in [6, 6.07) is 3.79. The summed E-state index contributed by atoms with van der Waals surface area (Å²) in [5, 5.41) is 8.77. The van der Waals surface area contributed by atoms with Gasteiger partial charge in [0.1, 0.15) is 11.8 Å². The average Bonchev–Trinajstić information content (AvgIpc) is 2.45. The van der Waals surface area contributed by atoms with Gasteiger partial charge < -0.3 is 4.57 Å². The molecular formula is C10H10N2O. The molecule has 0 radical (unpaired) electrons. The summed E-state index contributed by atoms with van der Waals surface area (Å²) in [7, 11) is 1.84. The standard InChI is InChI=1S/C10H10N2O/c1-12-7(6-11)5-8-9(12)3-2-4-10(8)13/h5H,2-4H2,1H3. The quantitative estimate of drug-likeness (QED) is 0.597. The van der Waals surface area contributed by atoms with Crippen LogP contribution in [0.3, 0.4) is 0 Å². The predicted octanol–water partition coefficient (Wildman–Crippen LogP) is 1.42. The first kappa shape index (κ1) is 8.06. The molecule has 0 saturated heterocycles. The summed E-state index contributed by atoms with van der Waals surface area (Å²) in [6.07, 6.45) is 2.45. The van der Waals surface area contributed by atoms with Crippen LogP contribution in [0.15, 0.2) is 6.07 Å². The van der Waals surface area contributed by atoms with E-state index in [0.717, 1.165) is 24.1 Å². The number of aromatic nitrogens is 1.